The maximum absolute atomic E-state index is 6.08. The smallest absolute Gasteiger partial charge is 0.196 e. The highest BCUT2D eigenvalue weighted by molar-refractivity contribution is 7.99. The summed E-state index contributed by atoms with van der Waals surface area (Å²) >= 11 is 7.79. The molecule has 0 saturated carbocycles. The Hall–Kier alpha value is -2.56. The van der Waals surface area contributed by atoms with Gasteiger partial charge in [0.25, 0.3) is 0 Å². The van der Waals surface area contributed by atoms with Crippen molar-refractivity contribution in [3.63, 3.8) is 0 Å². The van der Waals surface area contributed by atoms with Gasteiger partial charge in [0, 0.05) is 22.0 Å². The summed E-state index contributed by atoms with van der Waals surface area (Å²) in [6, 6.07) is 28.4. The summed E-state index contributed by atoms with van der Waals surface area (Å²) < 4.78 is 2.10. The number of benzene rings is 3. The summed E-state index contributed by atoms with van der Waals surface area (Å²) in [6.07, 6.45) is 0.986. The third kappa shape index (κ3) is 4.24. The van der Waals surface area contributed by atoms with E-state index in [-0.39, 0.29) is 0 Å². The standard InChI is InChI=1S/C22H18ClN3S/c23-19-11-13-20(14-12-19)26-21(18-9-5-2-6-10-18)24-25-22(26)27-16-15-17-7-3-1-4-8-17/h1-14H,15-16H2. The van der Waals surface area contributed by atoms with E-state index in [9.17, 15) is 0 Å². The molecular weight excluding hydrogens is 374 g/mol. The summed E-state index contributed by atoms with van der Waals surface area (Å²) in [6.45, 7) is 0. The summed E-state index contributed by atoms with van der Waals surface area (Å²) in [5.74, 6) is 1.77. The first-order valence-corrected chi connectivity index (χ1v) is 10.1. The van der Waals surface area contributed by atoms with Crippen molar-refractivity contribution in [2.45, 2.75) is 11.6 Å². The molecule has 4 rings (SSSR count). The van der Waals surface area contributed by atoms with Crippen LogP contribution in [-0.2, 0) is 6.42 Å². The van der Waals surface area contributed by atoms with Gasteiger partial charge in [0.05, 0.1) is 0 Å². The average Bonchev–Trinajstić information content (AvgIpc) is 3.14. The van der Waals surface area contributed by atoms with Crippen molar-refractivity contribution in [2.24, 2.45) is 0 Å². The van der Waals surface area contributed by atoms with Gasteiger partial charge in [-0.05, 0) is 36.2 Å². The normalized spacial score (nSPS) is 10.9. The van der Waals surface area contributed by atoms with Crippen LogP contribution in [0.2, 0.25) is 5.02 Å². The first-order valence-electron chi connectivity index (χ1n) is 8.75. The number of aryl methyl sites for hydroxylation is 1. The number of hydrogen-bond donors (Lipinski definition) is 0. The van der Waals surface area contributed by atoms with Crippen LogP contribution in [0.4, 0.5) is 0 Å². The average molecular weight is 392 g/mol. The van der Waals surface area contributed by atoms with E-state index < -0.39 is 0 Å². The van der Waals surface area contributed by atoms with E-state index in [1.165, 1.54) is 5.56 Å². The molecule has 3 nitrogen and oxygen atoms in total. The van der Waals surface area contributed by atoms with E-state index >= 15 is 0 Å². The van der Waals surface area contributed by atoms with Crippen LogP contribution >= 0.6 is 23.4 Å². The van der Waals surface area contributed by atoms with Crippen LogP contribution in [0.5, 0.6) is 0 Å². The van der Waals surface area contributed by atoms with Gasteiger partial charge in [-0.1, -0.05) is 84.0 Å². The van der Waals surface area contributed by atoms with E-state index in [2.05, 4.69) is 51.2 Å². The topological polar surface area (TPSA) is 30.7 Å². The van der Waals surface area contributed by atoms with Crippen molar-refractivity contribution >= 4 is 23.4 Å². The van der Waals surface area contributed by atoms with Crippen molar-refractivity contribution < 1.29 is 0 Å². The molecule has 5 heteroatoms. The van der Waals surface area contributed by atoms with E-state index in [0.29, 0.717) is 5.02 Å². The van der Waals surface area contributed by atoms with Crippen LogP contribution < -0.4 is 0 Å². The molecule has 0 N–H and O–H groups in total. The number of halogens is 1. The maximum Gasteiger partial charge on any atom is 0.196 e. The molecule has 0 saturated heterocycles. The molecule has 0 aliphatic heterocycles. The van der Waals surface area contributed by atoms with Crippen LogP contribution in [0.25, 0.3) is 17.1 Å². The first-order chi connectivity index (χ1) is 13.3. The zero-order valence-electron chi connectivity index (χ0n) is 14.6. The molecule has 134 valence electrons. The minimum atomic E-state index is 0.714. The van der Waals surface area contributed by atoms with Crippen molar-refractivity contribution in [1.29, 1.82) is 0 Å². The molecule has 0 aliphatic rings. The first kappa shape index (κ1) is 17.8. The molecule has 3 aromatic carbocycles. The molecule has 4 aromatic rings. The SMILES string of the molecule is Clc1ccc(-n2c(SCCc3ccccc3)nnc2-c2ccccc2)cc1. The lowest BCUT2D eigenvalue weighted by molar-refractivity contribution is 0.885. The Balaban J connectivity index is 1.64. The predicted molar refractivity (Wildman–Crippen MR) is 113 cm³/mol. The largest absolute Gasteiger partial charge is 0.270 e. The summed E-state index contributed by atoms with van der Waals surface area (Å²) in [5, 5.41) is 10.5. The quantitative estimate of drug-likeness (QED) is 0.382. The minimum absolute atomic E-state index is 0.714. The molecule has 27 heavy (non-hydrogen) atoms. The van der Waals surface area contributed by atoms with Crippen LogP contribution in [0, 0.1) is 0 Å². The van der Waals surface area contributed by atoms with Gasteiger partial charge in [-0.25, -0.2) is 0 Å². The summed E-state index contributed by atoms with van der Waals surface area (Å²) in [7, 11) is 0. The van der Waals surface area contributed by atoms with Gasteiger partial charge >= 0.3 is 0 Å². The Labute approximate surface area is 168 Å². The fourth-order valence-electron chi connectivity index (χ4n) is 2.87. The molecule has 0 bridgehead atoms. The van der Waals surface area contributed by atoms with Gasteiger partial charge in [-0.15, -0.1) is 10.2 Å². The zero-order chi connectivity index (χ0) is 18.5. The van der Waals surface area contributed by atoms with Gasteiger partial charge in [0.1, 0.15) is 0 Å². The van der Waals surface area contributed by atoms with Gasteiger partial charge < -0.3 is 0 Å². The second-order valence-electron chi connectivity index (χ2n) is 6.07. The van der Waals surface area contributed by atoms with Crippen molar-refractivity contribution in [1.82, 2.24) is 14.8 Å². The zero-order valence-corrected chi connectivity index (χ0v) is 16.2. The molecule has 0 atom stereocenters. The number of nitrogens with zero attached hydrogens (tertiary/aromatic N) is 3. The van der Waals surface area contributed by atoms with Crippen LogP contribution in [-0.4, -0.2) is 20.5 Å². The number of thioether (sulfide) groups is 1. The van der Waals surface area contributed by atoms with E-state index in [4.69, 9.17) is 11.6 Å². The molecule has 0 amide bonds. The van der Waals surface area contributed by atoms with Gasteiger partial charge in [0.2, 0.25) is 0 Å². The highest BCUT2D eigenvalue weighted by atomic mass is 35.5. The third-order valence-electron chi connectivity index (χ3n) is 4.21. The van der Waals surface area contributed by atoms with Crippen molar-refractivity contribution in [3.8, 4) is 17.1 Å². The van der Waals surface area contributed by atoms with Crippen LogP contribution in [0.1, 0.15) is 5.56 Å². The molecule has 1 aromatic heterocycles. The van der Waals surface area contributed by atoms with Gasteiger partial charge in [-0.3, -0.25) is 4.57 Å². The van der Waals surface area contributed by atoms with E-state index in [0.717, 1.165) is 34.4 Å². The molecule has 0 fully saturated rings. The molecule has 0 aliphatic carbocycles. The maximum atomic E-state index is 6.08. The van der Waals surface area contributed by atoms with Gasteiger partial charge in [-0.2, -0.15) is 0 Å². The van der Waals surface area contributed by atoms with E-state index in [1.807, 2.05) is 48.5 Å². The number of hydrogen-bond acceptors (Lipinski definition) is 3. The monoisotopic (exact) mass is 391 g/mol. The lowest BCUT2D eigenvalue weighted by atomic mass is 10.2. The Kier molecular flexibility index (Phi) is 5.56. The van der Waals surface area contributed by atoms with Crippen LogP contribution in [0.15, 0.2) is 90.1 Å². The molecule has 0 spiro atoms. The second-order valence-corrected chi connectivity index (χ2v) is 7.57. The Morgan fingerprint density at radius 2 is 1.44 bits per heavy atom. The second kappa shape index (κ2) is 8.42. The number of aromatic nitrogens is 3. The summed E-state index contributed by atoms with van der Waals surface area (Å²) in [5.41, 5.74) is 3.37. The van der Waals surface area contributed by atoms with Crippen LogP contribution in [0.3, 0.4) is 0 Å². The Morgan fingerprint density at radius 1 is 0.778 bits per heavy atom. The fourth-order valence-corrected chi connectivity index (χ4v) is 3.93. The van der Waals surface area contributed by atoms with E-state index in [1.54, 1.807) is 11.8 Å². The highest BCUT2D eigenvalue weighted by Gasteiger charge is 2.16. The molecular formula is C22H18ClN3S. The fraction of sp³-hybridized carbons (Fsp3) is 0.0909. The minimum Gasteiger partial charge on any atom is -0.270 e. The lowest BCUT2D eigenvalue weighted by Crippen LogP contribution is -2.00. The highest BCUT2D eigenvalue weighted by Crippen LogP contribution is 2.28. The Morgan fingerprint density at radius 3 is 2.15 bits per heavy atom. The van der Waals surface area contributed by atoms with Crippen molar-refractivity contribution in [2.75, 3.05) is 5.75 Å². The molecule has 0 unspecified atom stereocenters. The molecule has 0 radical (unpaired) electrons. The predicted octanol–water partition coefficient (Wildman–Crippen LogP) is 5.92. The summed E-state index contributed by atoms with van der Waals surface area (Å²) in [4.78, 5) is 0. The third-order valence-corrected chi connectivity index (χ3v) is 5.40. The van der Waals surface area contributed by atoms with Crippen molar-refractivity contribution in [3.05, 3.63) is 95.5 Å². The number of rotatable bonds is 6. The lowest BCUT2D eigenvalue weighted by Gasteiger charge is -2.10. The Bertz CT molecular complexity index is 999. The molecule has 1 heterocycles. The van der Waals surface area contributed by atoms with Gasteiger partial charge in [0.15, 0.2) is 11.0 Å².